The first-order chi connectivity index (χ1) is 27.9. The molecule has 0 bridgehead atoms. The number of aryl methyl sites for hydroxylation is 1. The largest absolute Gasteiger partial charge is 0.508 e. The van der Waals surface area contributed by atoms with Gasteiger partial charge in [-0.2, -0.15) is 26.3 Å². The summed E-state index contributed by atoms with van der Waals surface area (Å²) in [6.07, 6.45) is -9.62. The summed E-state index contributed by atoms with van der Waals surface area (Å²) in [5.41, 5.74) is 0.348. The third-order valence-corrected chi connectivity index (χ3v) is 9.29. The zero-order valence-electron chi connectivity index (χ0n) is 31.0. The molecule has 0 aromatic heterocycles. The summed E-state index contributed by atoms with van der Waals surface area (Å²) in [5, 5.41) is 9.72. The molecule has 1 N–H and O–H groups in total. The van der Waals surface area contributed by atoms with E-state index in [9.17, 15) is 54.6 Å². The lowest BCUT2D eigenvalue weighted by Crippen LogP contribution is -2.23. The molecule has 5 aromatic rings. The molecule has 17 heteroatoms. The van der Waals surface area contributed by atoms with Gasteiger partial charge in [-0.15, -0.1) is 0 Å². The van der Waals surface area contributed by atoms with Crippen molar-refractivity contribution in [1.82, 2.24) is 0 Å². The van der Waals surface area contributed by atoms with Gasteiger partial charge < -0.3 is 29.1 Å². The molecule has 0 saturated carbocycles. The lowest BCUT2D eigenvalue weighted by atomic mass is 10.1. The fraction of sp³-hybridized carbons (Fsp3) is 0.214. The van der Waals surface area contributed by atoms with Crippen LogP contribution in [0.25, 0.3) is 0 Å². The minimum atomic E-state index is -4.83. The Hall–Kier alpha value is -6.65. The Morgan fingerprint density at radius 1 is 0.695 bits per heavy atom. The van der Waals surface area contributed by atoms with Crippen LogP contribution in [-0.2, 0) is 41.6 Å². The standard InChI is InChI=1S/C27H23F4NO5.C15H9F4NO2/c1-3-35-25(33)15-37-23-10-7-17(11-16(23)2)14-36-24-6-4-5-19-20(24)13-32(26(19)34)18-8-9-21(22(28)12-18)27(29,30)31;16-12-6-8(4-5-11(12)15(17,18)19)20-7-10-9(14(20)22)2-1-3-13(10)21/h4-12H,3,13-15H2,1-2H3;1-6,21H,7H2. The molecule has 0 atom stereocenters. The Morgan fingerprint density at radius 3 is 1.75 bits per heavy atom. The number of aromatic hydroxyl groups is 1. The average molecular weight is 829 g/mol. The number of ether oxygens (including phenoxy) is 3. The van der Waals surface area contributed by atoms with Crippen molar-refractivity contribution in [3.05, 3.63) is 147 Å². The third-order valence-electron chi connectivity index (χ3n) is 9.29. The molecule has 308 valence electrons. The van der Waals surface area contributed by atoms with Crippen LogP contribution in [0.4, 0.5) is 46.5 Å². The smallest absolute Gasteiger partial charge is 0.419 e. The molecule has 2 amide bonds. The van der Waals surface area contributed by atoms with Crippen molar-refractivity contribution in [2.24, 2.45) is 0 Å². The zero-order chi connectivity index (χ0) is 42.8. The second-order valence-electron chi connectivity index (χ2n) is 13.2. The van der Waals surface area contributed by atoms with Gasteiger partial charge in [0.05, 0.1) is 30.8 Å². The quantitative estimate of drug-likeness (QED) is 0.117. The van der Waals surface area contributed by atoms with E-state index >= 15 is 0 Å². The predicted molar refractivity (Wildman–Crippen MR) is 196 cm³/mol. The summed E-state index contributed by atoms with van der Waals surface area (Å²) in [5.74, 6) is -3.43. The summed E-state index contributed by atoms with van der Waals surface area (Å²) in [6.45, 7) is 3.77. The van der Waals surface area contributed by atoms with Crippen molar-refractivity contribution >= 4 is 29.2 Å². The molecular weight excluding hydrogens is 796 g/mol. The molecule has 0 fully saturated rings. The molecule has 9 nitrogen and oxygen atoms in total. The molecule has 0 radical (unpaired) electrons. The third kappa shape index (κ3) is 9.08. The number of benzene rings is 5. The number of hydrogen-bond acceptors (Lipinski definition) is 7. The molecule has 0 saturated heterocycles. The lowest BCUT2D eigenvalue weighted by molar-refractivity contribution is -0.145. The van der Waals surface area contributed by atoms with Gasteiger partial charge in [-0.3, -0.25) is 9.59 Å². The highest BCUT2D eigenvalue weighted by Crippen LogP contribution is 2.39. The van der Waals surface area contributed by atoms with Crippen LogP contribution in [0.3, 0.4) is 0 Å². The Balaban J connectivity index is 0.000000226. The van der Waals surface area contributed by atoms with Crippen molar-refractivity contribution in [3.8, 4) is 17.2 Å². The number of esters is 1. The Labute approximate surface area is 330 Å². The number of carbonyl (C=O) groups excluding carboxylic acids is 3. The van der Waals surface area contributed by atoms with Crippen molar-refractivity contribution < 1.29 is 68.8 Å². The van der Waals surface area contributed by atoms with Gasteiger partial charge in [0.1, 0.15) is 35.5 Å². The maximum Gasteiger partial charge on any atom is 0.419 e. The number of fused-ring (bicyclic) bond motifs is 2. The first-order valence-corrected chi connectivity index (χ1v) is 17.7. The van der Waals surface area contributed by atoms with Crippen LogP contribution in [0.5, 0.6) is 17.2 Å². The number of phenolic OH excluding ortho intramolecular Hbond substituents is 1. The molecule has 59 heavy (non-hydrogen) atoms. The molecule has 2 aliphatic rings. The van der Waals surface area contributed by atoms with Gasteiger partial charge >= 0.3 is 18.3 Å². The summed E-state index contributed by atoms with van der Waals surface area (Å²) in [6, 6.07) is 19.4. The number of amides is 2. The van der Waals surface area contributed by atoms with Crippen LogP contribution < -0.4 is 19.3 Å². The van der Waals surface area contributed by atoms with Gasteiger partial charge in [0.2, 0.25) is 0 Å². The Morgan fingerprint density at radius 2 is 1.24 bits per heavy atom. The molecular formula is C42H32F8N2O7. The van der Waals surface area contributed by atoms with E-state index in [0.717, 1.165) is 28.2 Å². The van der Waals surface area contributed by atoms with Crippen molar-refractivity contribution in [1.29, 1.82) is 0 Å². The second kappa shape index (κ2) is 16.7. The van der Waals surface area contributed by atoms with Gasteiger partial charge in [0, 0.05) is 33.6 Å². The predicted octanol–water partition coefficient (Wildman–Crippen LogP) is 9.54. The van der Waals surface area contributed by atoms with Gasteiger partial charge in [-0.05, 0) is 97.8 Å². The number of carbonyl (C=O) groups is 3. The molecule has 7 rings (SSSR count). The minimum Gasteiger partial charge on any atom is -0.508 e. The molecule has 2 heterocycles. The highest BCUT2D eigenvalue weighted by atomic mass is 19.4. The zero-order valence-corrected chi connectivity index (χ0v) is 31.0. The molecule has 5 aromatic carbocycles. The number of halogens is 8. The summed E-state index contributed by atoms with van der Waals surface area (Å²) in [4.78, 5) is 39.0. The number of phenols is 1. The highest BCUT2D eigenvalue weighted by molar-refractivity contribution is 6.11. The topological polar surface area (TPSA) is 106 Å². The number of hydrogen-bond donors (Lipinski definition) is 1. The van der Waals surface area contributed by atoms with E-state index in [2.05, 4.69) is 0 Å². The number of rotatable bonds is 9. The summed E-state index contributed by atoms with van der Waals surface area (Å²) < 4.78 is 120. The molecule has 0 unspecified atom stereocenters. The van der Waals surface area contributed by atoms with Gasteiger partial charge in [0.15, 0.2) is 6.61 Å². The van der Waals surface area contributed by atoms with Crippen molar-refractivity contribution in [2.75, 3.05) is 23.0 Å². The minimum absolute atomic E-state index is 0.00565. The molecule has 2 aliphatic heterocycles. The van der Waals surface area contributed by atoms with Crippen LogP contribution in [0.2, 0.25) is 0 Å². The molecule has 0 spiro atoms. The van der Waals surface area contributed by atoms with Gasteiger partial charge in [0.25, 0.3) is 11.8 Å². The van der Waals surface area contributed by atoms with E-state index in [1.807, 2.05) is 13.0 Å². The fourth-order valence-corrected chi connectivity index (χ4v) is 6.44. The maximum absolute atomic E-state index is 14.1. The normalized spacial score (nSPS) is 13.5. The van der Waals surface area contributed by atoms with Crippen molar-refractivity contribution in [2.45, 2.75) is 45.9 Å². The fourth-order valence-electron chi connectivity index (χ4n) is 6.44. The van der Waals surface area contributed by atoms with Crippen LogP contribution in [-0.4, -0.2) is 36.1 Å². The monoisotopic (exact) mass is 828 g/mol. The SMILES string of the molecule is CCOC(=O)COc1ccc(COc2cccc3c2CN(c2ccc(C(F)(F)F)c(F)c2)C3=O)cc1C.O=C1c2cccc(O)c2CN1c1ccc(C(F)(F)F)c(F)c1. The van der Waals surface area contributed by atoms with Crippen LogP contribution in [0, 0.1) is 18.6 Å². The second-order valence-corrected chi connectivity index (χ2v) is 13.2. The Kier molecular flexibility index (Phi) is 11.9. The van der Waals surface area contributed by atoms with E-state index in [0.29, 0.717) is 52.5 Å². The number of nitrogens with zero attached hydrogens (tertiary/aromatic N) is 2. The van der Waals surface area contributed by atoms with E-state index in [-0.39, 0.29) is 55.6 Å². The van der Waals surface area contributed by atoms with Crippen LogP contribution >= 0.6 is 0 Å². The van der Waals surface area contributed by atoms with Crippen LogP contribution in [0.15, 0.2) is 91.0 Å². The maximum atomic E-state index is 14.1. The summed E-state index contributed by atoms with van der Waals surface area (Å²) in [7, 11) is 0. The first kappa shape index (κ1) is 42.0. The van der Waals surface area contributed by atoms with Crippen molar-refractivity contribution in [3.63, 3.8) is 0 Å². The number of anilines is 2. The summed E-state index contributed by atoms with van der Waals surface area (Å²) >= 11 is 0. The van der Waals surface area contributed by atoms with Crippen LogP contribution in [0.1, 0.15) is 61.0 Å². The van der Waals surface area contributed by atoms with E-state index in [4.69, 9.17) is 14.2 Å². The highest BCUT2D eigenvalue weighted by Gasteiger charge is 2.37. The van der Waals surface area contributed by atoms with Gasteiger partial charge in [-0.1, -0.05) is 18.2 Å². The first-order valence-electron chi connectivity index (χ1n) is 17.7. The molecule has 0 aliphatic carbocycles. The van der Waals surface area contributed by atoms with E-state index in [1.54, 1.807) is 37.3 Å². The average Bonchev–Trinajstić information content (AvgIpc) is 3.70. The van der Waals surface area contributed by atoms with E-state index in [1.165, 1.54) is 23.1 Å². The van der Waals surface area contributed by atoms with Gasteiger partial charge in [-0.25, -0.2) is 13.6 Å². The number of alkyl halides is 6. The Bertz CT molecular complexity index is 2430. The lowest BCUT2D eigenvalue weighted by Gasteiger charge is -2.17. The van der Waals surface area contributed by atoms with E-state index < -0.39 is 52.9 Å².